The van der Waals surface area contributed by atoms with E-state index in [0.717, 1.165) is 42.6 Å². The molecule has 0 spiro atoms. The number of hydrogen-bond acceptors (Lipinski definition) is 5. The lowest BCUT2D eigenvalue weighted by Crippen LogP contribution is -2.27. The highest BCUT2D eigenvalue weighted by Crippen LogP contribution is 2.21. The molecular formula is C28H27FN4O3. The summed E-state index contributed by atoms with van der Waals surface area (Å²) in [7, 11) is 1.75. The summed E-state index contributed by atoms with van der Waals surface area (Å²) in [6, 6.07) is 20.7. The van der Waals surface area contributed by atoms with Crippen molar-refractivity contribution in [1.29, 1.82) is 5.26 Å². The molecule has 0 atom stereocenters. The molecule has 7 nitrogen and oxygen atoms in total. The number of nitrogens with zero attached hydrogens (tertiary/aromatic N) is 3. The van der Waals surface area contributed by atoms with Gasteiger partial charge in [0.15, 0.2) is 5.76 Å². The minimum atomic E-state index is -0.281. The molecule has 1 amide bonds. The Balaban J connectivity index is 1.18. The molecule has 0 aliphatic heterocycles. The molecule has 0 aliphatic carbocycles. The molecule has 2 heterocycles. The summed E-state index contributed by atoms with van der Waals surface area (Å²) in [5, 5.41) is 16.4. The van der Waals surface area contributed by atoms with Gasteiger partial charge in [-0.2, -0.15) is 10.4 Å². The maximum Gasteiger partial charge on any atom is 0.289 e. The molecule has 1 N–H and O–H groups in total. The number of aromatic amines is 1. The van der Waals surface area contributed by atoms with E-state index >= 15 is 0 Å². The summed E-state index contributed by atoms with van der Waals surface area (Å²) >= 11 is 0. The number of carbonyl (C=O) groups is 1. The lowest BCUT2D eigenvalue weighted by Gasteiger charge is -2.15. The first-order valence-electron chi connectivity index (χ1n) is 11.8. The van der Waals surface area contributed by atoms with Crippen LogP contribution in [-0.2, 0) is 13.0 Å². The highest BCUT2D eigenvalue weighted by atomic mass is 19.1. The van der Waals surface area contributed by atoms with E-state index in [4.69, 9.17) is 14.4 Å². The standard InChI is InChI=1S/C28H27FN4O3/c1-33(15-6-2-3-11-23-17-25(32-31-23)20-9-7-10-22(29)16-20)28(34)27-14-13-24(36-27)19-35-26-12-5-4-8-21(26)18-30/h4-5,7-10,12-14,16-17H,2-3,6,11,15,19H2,1H3,(H,31,32). The normalized spacial score (nSPS) is 10.7. The molecule has 2 aromatic carbocycles. The predicted octanol–water partition coefficient (Wildman–Crippen LogP) is 5.74. The Bertz CT molecular complexity index is 1350. The summed E-state index contributed by atoms with van der Waals surface area (Å²) in [5.74, 6) is 0.772. The zero-order valence-corrected chi connectivity index (χ0v) is 20.0. The second-order valence-electron chi connectivity index (χ2n) is 8.49. The monoisotopic (exact) mass is 486 g/mol. The summed E-state index contributed by atoms with van der Waals surface area (Å²) in [6.45, 7) is 0.739. The fourth-order valence-corrected chi connectivity index (χ4v) is 3.82. The molecule has 4 aromatic rings. The largest absolute Gasteiger partial charge is 0.484 e. The molecule has 4 rings (SSSR count). The second kappa shape index (κ2) is 11.8. The average molecular weight is 487 g/mol. The van der Waals surface area contributed by atoms with Crippen molar-refractivity contribution in [3.05, 3.63) is 95.3 Å². The summed E-state index contributed by atoms with van der Waals surface area (Å²) in [4.78, 5) is 14.3. The third kappa shape index (κ3) is 6.39. The Morgan fingerprint density at radius 1 is 1.11 bits per heavy atom. The van der Waals surface area contributed by atoms with E-state index in [1.807, 2.05) is 12.1 Å². The van der Waals surface area contributed by atoms with Crippen LogP contribution in [0.25, 0.3) is 11.3 Å². The first-order valence-corrected chi connectivity index (χ1v) is 11.8. The number of unbranched alkanes of at least 4 members (excludes halogenated alkanes) is 2. The van der Waals surface area contributed by atoms with E-state index in [9.17, 15) is 9.18 Å². The highest BCUT2D eigenvalue weighted by Gasteiger charge is 2.16. The van der Waals surface area contributed by atoms with Crippen molar-refractivity contribution >= 4 is 5.91 Å². The molecule has 0 saturated carbocycles. The summed E-state index contributed by atoms with van der Waals surface area (Å²) < 4.78 is 24.7. The zero-order valence-electron chi connectivity index (χ0n) is 20.0. The van der Waals surface area contributed by atoms with Crippen LogP contribution in [0, 0.1) is 17.1 Å². The Hall–Kier alpha value is -4.38. The highest BCUT2D eigenvalue weighted by molar-refractivity contribution is 5.91. The van der Waals surface area contributed by atoms with Gasteiger partial charge in [0.05, 0.1) is 11.3 Å². The van der Waals surface area contributed by atoms with Crippen molar-refractivity contribution in [2.75, 3.05) is 13.6 Å². The molecular weight excluding hydrogens is 459 g/mol. The third-order valence-corrected chi connectivity index (χ3v) is 5.79. The van der Waals surface area contributed by atoms with Crippen molar-refractivity contribution in [3.63, 3.8) is 0 Å². The second-order valence-corrected chi connectivity index (χ2v) is 8.49. The van der Waals surface area contributed by atoms with Crippen LogP contribution >= 0.6 is 0 Å². The number of rotatable bonds is 11. The number of benzene rings is 2. The lowest BCUT2D eigenvalue weighted by molar-refractivity contribution is 0.0757. The molecule has 8 heteroatoms. The van der Waals surface area contributed by atoms with Crippen LogP contribution < -0.4 is 4.74 Å². The van der Waals surface area contributed by atoms with E-state index in [1.165, 1.54) is 12.1 Å². The van der Waals surface area contributed by atoms with Gasteiger partial charge in [0.25, 0.3) is 5.91 Å². The SMILES string of the molecule is CN(CCCCCc1cc(-c2cccc(F)c2)n[nH]1)C(=O)c1ccc(COc2ccccc2C#N)o1. The number of carbonyl (C=O) groups excluding carboxylic acids is 1. The fourth-order valence-electron chi connectivity index (χ4n) is 3.82. The lowest BCUT2D eigenvalue weighted by atomic mass is 10.1. The molecule has 0 fully saturated rings. The van der Waals surface area contributed by atoms with Crippen LogP contribution in [0.5, 0.6) is 5.75 Å². The van der Waals surface area contributed by atoms with Crippen molar-refractivity contribution in [2.45, 2.75) is 32.3 Å². The fraction of sp³-hybridized carbons (Fsp3) is 0.250. The average Bonchev–Trinajstić information content (AvgIpc) is 3.57. The van der Waals surface area contributed by atoms with Gasteiger partial charge in [0.1, 0.15) is 30.0 Å². The Labute approximate surface area is 209 Å². The van der Waals surface area contributed by atoms with Crippen LogP contribution in [0.1, 0.15) is 46.8 Å². The first-order chi connectivity index (χ1) is 17.5. The molecule has 0 bridgehead atoms. The Morgan fingerprint density at radius 2 is 1.97 bits per heavy atom. The number of furan rings is 1. The number of aryl methyl sites for hydroxylation is 1. The Morgan fingerprint density at radius 3 is 2.81 bits per heavy atom. The van der Waals surface area contributed by atoms with Gasteiger partial charge in [-0.1, -0.05) is 30.7 Å². The van der Waals surface area contributed by atoms with Crippen LogP contribution in [0.2, 0.25) is 0 Å². The topological polar surface area (TPSA) is 95.1 Å². The number of halogens is 1. The molecule has 0 unspecified atom stereocenters. The molecule has 0 aliphatic rings. The summed E-state index contributed by atoms with van der Waals surface area (Å²) in [5.41, 5.74) is 2.92. The van der Waals surface area contributed by atoms with Crippen LogP contribution in [-0.4, -0.2) is 34.6 Å². The van der Waals surface area contributed by atoms with Crippen molar-refractivity contribution in [1.82, 2.24) is 15.1 Å². The molecule has 0 radical (unpaired) electrons. The molecule has 2 aromatic heterocycles. The van der Waals surface area contributed by atoms with Crippen molar-refractivity contribution < 1.29 is 18.3 Å². The van der Waals surface area contributed by atoms with E-state index in [0.29, 0.717) is 23.6 Å². The number of aromatic nitrogens is 2. The van der Waals surface area contributed by atoms with Gasteiger partial charge in [-0.25, -0.2) is 4.39 Å². The minimum Gasteiger partial charge on any atom is -0.484 e. The minimum absolute atomic E-state index is 0.129. The van der Waals surface area contributed by atoms with E-state index in [2.05, 4.69) is 16.3 Å². The smallest absolute Gasteiger partial charge is 0.289 e. The quantitative estimate of drug-likeness (QED) is 0.273. The summed E-state index contributed by atoms with van der Waals surface area (Å²) in [6.07, 6.45) is 3.58. The number of para-hydroxylation sites is 1. The molecule has 184 valence electrons. The number of nitrogens with one attached hydrogen (secondary N) is 1. The van der Waals surface area contributed by atoms with Crippen molar-refractivity contribution in [2.24, 2.45) is 0 Å². The van der Waals surface area contributed by atoms with Gasteiger partial charge in [0, 0.05) is 24.8 Å². The van der Waals surface area contributed by atoms with E-state index < -0.39 is 0 Å². The van der Waals surface area contributed by atoms with Crippen LogP contribution in [0.4, 0.5) is 4.39 Å². The molecule has 0 saturated heterocycles. The number of amides is 1. The van der Waals surface area contributed by atoms with Gasteiger partial charge in [-0.15, -0.1) is 0 Å². The number of H-pyrrole nitrogens is 1. The maximum atomic E-state index is 13.4. The predicted molar refractivity (Wildman–Crippen MR) is 133 cm³/mol. The maximum absolute atomic E-state index is 13.4. The number of ether oxygens (including phenoxy) is 1. The van der Waals surface area contributed by atoms with Crippen LogP contribution in [0.15, 0.2) is 71.1 Å². The first kappa shape index (κ1) is 24.7. The van der Waals surface area contributed by atoms with Crippen molar-refractivity contribution in [3.8, 4) is 23.1 Å². The number of nitriles is 1. The van der Waals surface area contributed by atoms with Gasteiger partial charge >= 0.3 is 0 Å². The Kier molecular flexibility index (Phi) is 8.14. The number of hydrogen-bond donors (Lipinski definition) is 1. The third-order valence-electron chi connectivity index (χ3n) is 5.79. The van der Waals surface area contributed by atoms with Gasteiger partial charge in [0.2, 0.25) is 0 Å². The molecule has 36 heavy (non-hydrogen) atoms. The van der Waals surface area contributed by atoms with Gasteiger partial charge in [-0.3, -0.25) is 9.89 Å². The van der Waals surface area contributed by atoms with E-state index in [-0.39, 0.29) is 24.1 Å². The van der Waals surface area contributed by atoms with Crippen LogP contribution in [0.3, 0.4) is 0 Å². The van der Waals surface area contributed by atoms with Gasteiger partial charge < -0.3 is 14.1 Å². The van der Waals surface area contributed by atoms with Gasteiger partial charge in [-0.05, 0) is 61.7 Å². The zero-order chi connectivity index (χ0) is 25.3. The van der Waals surface area contributed by atoms with E-state index in [1.54, 1.807) is 54.4 Å².